The monoisotopic (exact) mass is 1120 g/mol. The molecule has 0 aliphatic carbocycles. The maximum absolute atomic E-state index is 7.59. The first kappa shape index (κ1) is 70.0. The van der Waals surface area contributed by atoms with Gasteiger partial charge in [0.25, 0.3) is 0 Å². The topological polar surface area (TPSA) is 38.4 Å². The number of hydrogen-bond acceptors (Lipinski definition) is 2. The first-order valence-corrected chi connectivity index (χ1v) is 33.1. The van der Waals surface area contributed by atoms with Crippen LogP contribution in [0.25, 0.3) is 27.8 Å². The lowest BCUT2D eigenvalue weighted by Gasteiger charge is -2.32. The zero-order valence-electron chi connectivity index (χ0n) is 56.5. The van der Waals surface area contributed by atoms with Gasteiger partial charge in [0.2, 0.25) is 0 Å². The highest BCUT2D eigenvalue weighted by Crippen LogP contribution is 2.44. The van der Waals surface area contributed by atoms with Gasteiger partial charge >= 0.3 is 0 Å². The van der Waals surface area contributed by atoms with Crippen LogP contribution in [0.15, 0.2) is 132 Å². The standard InChI is InChI=1S/C78H110N2.C3H8/c1-18-21-23-25-27-29-32-64(33-30-28-26-24-22-19-2)61(10)62(11)73-54-67(46-48-72(73)69-49-47-68(52-59(69)8)78(15,16)17)57(6)39-45-65(31-20-3)71-51-50-70(58(7)38-40-60(9)77(12,13)14)76(75(71)79)80-74(66-43-36-56(5)37-44-66)53-63-41-34-55(4)35-42-63;1-3-2/h34-52,54,61-62,64H,18-33,53,79H2,1-17H3;3H2,1-2H3/b57-39+,58-38+,60-40+,65-45+,80-74?;. The third-order valence-corrected chi connectivity index (χ3v) is 17.7. The molecule has 0 saturated heterocycles. The molecule has 2 heteroatoms. The maximum Gasteiger partial charge on any atom is 0.0943 e. The molecule has 452 valence electrons. The minimum atomic E-state index is 0.0689. The predicted octanol–water partition coefficient (Wildman–Crippen LogP) is 25.5. The highest BCUT2D eigenvalue weighted by atomic mass is 14.8. The van der Waals surface area contributed by atoms with Crippen molar-refractivity contribution < 1.29 is 0 Å². The van der Waals surface area contributed by atoms with Gasteiger partial charge in [0.1, 0.15) is 0 Å². The fourth-order valence-corrected chi connectivity index (χ4v) is 11.4. The van der Waals surface area contributed by atoms with E-state index < -0.39 is 0 Å². The van der Waals surface area contributed by atoms with Crippen molar-refractivity contribution in [3.63, 3.8) is 0 Å². The summed E-state index contributed by atoms with van der Waals surface area (Å²) in [7, 11) is 0. The number of rotatable bonds is 29. The molecule has 5 rings (SSSR count). The Labute approximate surface area is 511 Å². The zero-order chi connectivity index (χ0) is 61.3. The molecule has 83 heavy (non-hydrogen) atoms. The summed E-state index contributed by atoms with van der Waals surface area (Å²) in [5.41, 5.74) is 30.5. The van der Waals surface area contributed by atoms with E-state index in [-0.39, 0.29) is 10.8 Å². The van der Waals surface area contributed by atoms with Crippen LogP contribution in [0.1, 0.15) is 281 Å². The number of allylic oxidation sites excluding steroid dienone is 8. The molecule has 0 amide bonds. The second-order valence-corrected chi connectivity index (χ2v) is 27.1. The fourth-order valence-electron chi connectivity index (χ4n) is 11.4. The Morgan fingerprint density at radius 1 is 0.542 bits per heavy atom. The average Bonchev–Trinajstić information content (AvgIpc) is 3.57. The third kappa shape index (κ3) is 22.2. The molecular formula is C81H118N2. The normalized spacial score (nSPS) is 13.8. The quantitative estimate of drug-likeness (QED) is 0.0220. The number of nitrogens with two attached hydrogens (primary N) is 1. The van der Waals surface area contributed by atoms with Gasteiger partial charge in [-0.2, -0.15) is 0 Å². The predicted molar refractivity (Wildman–Crippen MR) is 375 cm³/mol. The Morgan fingerprint density at radius 3 is 1.60 bits per heavy atom. The Bertz CT molecular complexity index is 2880. The molecule has 0 radical (unpaired) electrons. The van der Waals surface area contributed by atoms with Crippen LogP contribution in [-0.2, 0) is 11.8 Å². The van der Waals surface area contributed by atoms with Crippen LogP contribution in [0.4, 0.5) is 11.4 Å². The van der Waals surface area contributed by atoms with Crippen LogP contribution in [0.2, 0.25) is 0 Å². The molecule has 0 heterocycles. The molecular weight excluding hydrogens is 1000 g/mol. The smallest absolute Gasteiger partial charge is 0.0943 e. The SMILES string of the molecule is CCC.CCCCCCCCC(CCCCCCCC)C(C)C(C)c1cc(/C(C)=C/C=C(\CCC)c2ccc(/C(C)=C/C=C(\C)C(C)(C)C)c(N=C(Cc3ccc(C)cc3)c3ccc(C)cc3)c2N)ccc1-c1ccc(C(C)(C)C)cc1C. The number of aliphatic imine (C=N–C) groups is 1. The third-order valence-electron chi connectivity index (χ3n) is 17.7. The van der Waals surface area contributed by atoms with Gasteiger partial charge in [0, 0.05) is 17.5 Å². The molecule has 2 unspecified atom stereocenters. The molecule has 5 aromatic carbocycles. The van der Waals surface area contributed by atoms with E-state index in [1.165, 1.54) is 163 Å². The van der Waals surface area contributed by atoms with E-state index in [0.29, 0.717) is 24.2 Å². The zero-order valence-corrected chi connectivity index (χ0v) is 56.5. The van der Waals surface area contributed by atoms with E-state index in [0.717, 1.165) is 52.2 Å². The van der Waals surface area contributed by atoms with Crippen molar-refractivity contribution in [2.24, 2.45) is 22.2 Å². The first-order chi connectivity index (χ1) is 39.5. The molecule has 2 N–H and O–H groups in total. The highest BCUT2D eigenvalue weighted by Gasteiger charge is 2.27. The lowest BCUT2D eigenvalue weighted by molar-refractivity contribution is 0.264. The van der Waals surface area contributed by atoms with Crippen LogP contribution in [0.5, 0.6) is 0 Å². The largest absolute Gasteiger partial charge is 0.396 e. The van der Waals surface area contributed by atoms with Crippen molar-refractivity contribution in [3.05, 3.63) is 183 Å². The average molecular weight is 1120 g/mol. The van der Waals surface area contributed by atoms with Crippen molar-refractivity contribution >= 4 is 33.8 Å². The van der Waals surface area contributed by atoms with E-state index >= 15 is 0 Å². The minimum absolute atomic E-state index is 0.0689. The molecule has 0 aliphatic rings. The van der Waals surface area contributed by atoms with Crippen molar-refractivity contribution in [3.8, 4) is 11.1 Å². The summed E-state index contributed by atoms with van der Waals surface area (Å²) in [5, 5.41) is 0. The van der Waals surface area contributed by atoms with Crippen molar-refractivity contribution in [2.75, 3.05) is 5.73 Å². The minimum Gasteiger partial charge on any atom is -0.396 e. The maximum atomic E-state index is 7.59. The Kier molecular flexibility index (Phi) is 29.6. The van der Waals surface area contributed by atoms with Gasteiger partial charge in [0.15, 0.2) is 0 Å². The van der Waals surface area contributed by atoms with Gasteiger partial charge in [0.05, 0.1) is 17.1 Å². The Balaban J connectivity index is 0.00000482. The van der Waals surface area contributed by atoms with Crippen LogP contribution in [0, 0.1) is 38.0 Å². The number of nitrogens with zero attached hydrogens (tertiary/aromatic N) is 1. The summed E-state index contributed by atoms with van der Waals surface area (Å²) in [4.78, 5) is 5.68. The summed E-state index contributed by atoms with van der Waals surface area (Å²) < 4.78 is 0. The molecule has 0 bridgehead atoms. The summed E-state index contributed by atoms with van der Waals surface area (Å²) >= 11 is 0. The number of anilines is 1. The van der Waals surface area contributed by atoms with Gasteiger partial charge in [-0.1, -0.05) is 331 Å². The number of benzene rings is 5. The van der Waals surface area contributed by atoms with Crippen molar-refractivity contribution in [1.29, 1.82) is 0 Å². The number of hydrogen-bond donors (Lipinski definition) is 1. The molecule has 5 aromatic rings. The van der Waals surface area contributed by atoms with Gasteiger partial charge in [-0.3, -0.25) is 0 Å². The van der Waals surface area contributed by atoms with Gasteiger partial charge in [-0.15, -0.1) is 0 Å². The molecule has 0 aromatic heterocycles. The summed E-state index contributed by atoms with van der Waals surface area (Å²) in [6, 6.07) is 36.8. The highest BCUT2D eigenvalue weighted by molar-refractivity contribution is 6.05. The summed E-state index contributed by atoms with van der Waals surface area (Å²) in [5.74, 6) is 1.67. The Morgan fingerprint density at radius 2 is 1.06 bits per heavy atom. The molecule has 0 spiro atoms. The van der Waals surface area contributed by atoms with Crippen LogP contribution in [-0.4, -0.2) is 5.71 Å². The van der Waals surface area contributed by atoms with Crippen LogP contribution < -0.4 is 5.73 Å². The van der Waals surface area contributed by atoms with E-state index in [1.54, 1.807) is 0 Å². The number of unbranched alkanes of at least 4 members (excludes halogenated alkanes) is 10. The van der Waals surface area contributed by atoms with Crippen LogP contribution >= 0.6 is 0 Å². The van der Waals surface area contributed by atoms with E-state index in [9.17, 15) is 0 Å². The second-order valence-electron chi connectivity index (χ2n) is 27.1. The van der Waals surface area contributed by atoms with Gasteiger partial charge < -0.3 is 5.73 Å². The van der Waals surface area contributed by atoms with Gasteiger partial charge in [-0.05, 0) is 138 Å². The van der Waals surface area contributed by atoms with Crippen molar-refractivity contribution in [2.45, 2.75) is 258 Å². The lowest BCUT2D eigenvalue weighted by Crippen LogP contribution is -2.19. The first-order valence-electron chi connectivity index (χ1n) is 33.1. The molecule has 2 nitrogen and oxygen atoms in total. The second kappa shape index (κ2) is 35.1. The summed E-state index contributed by atoms with van der Waals surface area (Å²) in [6.45, 7) is 43.5. The molecule has 0 saturated carbocycles. The lowest BCUT2D eigenvalue weighted by atomic mass is 9.73. The molecule has 2 atom stereocenters. The van der Waals surface area contributed by atoms with E-state index in [2.05, 4.69) is 253 Å². The summed E-state index contributed by atoms with van der Waals surface area (Å²) in [6.07, 6.45) is 32.0. The Hall–Kier alpha value is -5.47. The molecule has 0 fully saturated rings. The number of nitrogen functional groups attached to an aromatic ring is 1. The van der Waals surface area contributed by atoms with Gasteiger partial charge in [-0.25, -0.2) is 4.99 Å². The fraction of sp³-hybridized carbons (Fsp3) is 0.519. The van der Waals surface area contributed by atoms with E-state index in [1.807, 2.05) is 0 Å². The van der Waals surface area contributed by atoms with E-state index in [4.69, 9.17) is 10.7 Å². The van der Waals surface area contributed by atoms with Crippen LogP contribution in [0.3, 0.4) is 0 Å². The number of aryl methyl sites for hydroxylation is 3. The van der Waals surface area contributed by atoms with Crippen molar-refractivity contribution in [1.82, 2.24) is 0 Å². The molecule has 0 aliphatic heterocycles.